The molecule has 5 N–H and O–H groups in total. The van der Waals surface area contributed by atoms with E-state index < -0.39 is 0 Å². The fraction of sp³-hybridized carbons (Fsp3) is 0. The summed E-state index contributed by atoms with van der Waals surface area (Å²) in [5.41, 5.74) is 9.98. The van der Waals surface area contributed by atoms with Crippen LogP contribution in [-0.4, -0.2) is 9.97 Å². The molecule has 0 spiro atoms. The van der Waals surface area contributed by atoms with Gasteiger partial charge in [0.05, 0.1) is 11.9 Å². The predicted octanol–water partition coefficient (Wildman–Crippen LogP) is -1.69. The fourth-order valence-corrected chi connectivity index (χ4v) is 1.03. The highest BCUT2D eigenvalue weighted by atomic mass is 15.9. The Kier molecular flexibility index (Phi) is 1.72. The summed E-state index contributed by atoms with van der Waals surface area (Å²) in [5, 5.41) is 1.95. The van der Waals surface area contributed by atoms with E-state index in [1.807, 2.05) is 0 Å². The Hall–Kier alpha value is -1.86. The van der Waals surface area contributed by atoms with Gasteiger partial charge in [-0.3, -0.25) is 0 Å². The number of hydrogen-bond donors (Lipinski definition) is 3. The van der Waals surface area contributed by atoms with Crippen LogP contribution >= 0.6 is 0 Å². The highest BCUT2D eigenvalue weighted by Gasteiger charge is 2.15. The number of anilines is 2. The van der Waals surface area contributed by atoms with E-state index >= 15 is 0 Å². The second kappa shape index (κ2) is 2.88. The first kappa shape index (κ1) is 7.77. The maximum Gasteiger partial charge on any atom is 0.210 e. The maximum absolute atomic E-state index is 5.65. The third-order valence-corrected chi connectivity index (χ3v) is 1.62. The zero-order valence-electron chi connectivity index (χ0n) is 6.75. The molecule has 1 aromatic rings. The second-order valence-corrected chi connectivity index (χ2v) is 2.46. The van der Waals surface area contributed by atoms with Gasteiger partial charge in [-0.25, -0.2) is 9.97 Å². The van der Waals surface area contributed by atoms with Crippen LogP contribution in [-0.2, 0) is 0 Å². The third-order valence-electron chi connectivity index (χ3n) is 1.62. The van der Waals surface area contributed by atoms with Crippen LogP contribution in [0.3, 0.4) is 0 Å². The molecule has 1 aliphatic heterocycles. The Bertz CT molecular complexity index is 336. The number of nitrogens with one attached hydrogen (secondary N) is 1. The highest BCUT2D eigenvalue weighted by Crippen LogP contribution is 2.16. The average molecular weight is 179 g/mol. The molecule has 7 nitrogen and oxygen atoms in total. The number of nitrogens with zero attached hydrogens (tertiary/aromatic N) is 4. The van der Waals surface area contributed by atoms with Crippen molar-refractivity contribution in [3.8, 4) is 0 Å². The molecule has 1 aromatic heterocycles. The molecule has 1 aliphatic rings. The van der Waals surface area contributed by atoms with Crippen LogP contribution in [0.1, 0.15) is 0 Å². The van der Waals surface area contributed by atoms with Crippen molar-refractivity contribution in [2.24, 2.45) is 5.84 Å². The van der Waals surface area contributed by atoms with Crippen molar-refractivity contribution in [3.05, 3.63) is 30.3 Å². The van der Waals surface area contributed by atoms with Crippen molar-refractivity contribution >= 4 is 11.5 Å². The summed E-state index contributed by atoms with van der Waals surface area (Å²) >= 11 is 0. The lowest BCUT2D eigenvalue weighted by Gasteiger charge is -2.25. The quantitative estimate of drug-likeness (QED) is 0.447. The Balaban J connectivity index is 2.35. The van der Waals surface area contributed by atoms with Crippen LogP contribution < -0.4 is 21.8 Å². The van der Waals surface area contributed by atoms with Gasteiger partial charge in [0.1, 0.15) is 6.33 Å². The van der Waals surface area contributed by atoms with Crippen molar-refractivity contribution in [2.75, 3.05) is 10.7 Å². The smallest absolute Gasteiger partial charge is 0.210 e. The number of quaternary nitrogens is 1. The second-order valence-electron chi connectivity index (χ2n) is 2.46. The van der Waals surface area contributed by atoms with Crippen molar-refractivity contribution in [1.29, 1.82) is 0 Å². The molecule has 68 valence electrons. The van der Waals surface area contributed by atoms with E-state index in [-0.39, 0.29) is 0 Å². The van der Waals surface area contributed by atoms with Gasteiger partial charge in [0, 0.05) is 6.20 Å². The molecule has 0 saturated carbocycles. The van der Waals surface area contributed by atoms with E-state index in [1.165, 1.54) is 12.5 Å². The SMILES string of the molecule is Nc1cncnc1N1C=C[N-][NH+]1N. The molecule has 2 rings (SSSR count). The number of nitrogen functional groups attached to an aromatic ring is 1. The van der Waals surface area contributed by atoms with E-state index in [1.54, 1.807) is 17.4 Å². The summed E-state index contributed by atoms with van der Waals surface area (Å²) < 4.78 is 0. The summed E-state index contributed by atoms with van der Waals surface area (Å²) in [6, 6.07) is 0. The molecule has 0 amide bonds. The molecular formula is C6H9N7. The maximum atomic E-state index is 5.65. The normalized spacial score (nSPS) is 20.4. The van der Waals surface area contributed by atoms with Crippen LogP contribution in [0.4, 0.5) is 11.5 Å². The Morgan fingerprint density at radius 3 is 3.00 bits per heavy atom. The molecule has 0 fully saturated rings. The van der Waals surface area contributed by atoms with Gasteiger partial charge in [-0.15, -0.1) is 6.20 Å². The number of rotatable bonds is 1. The third kappa shape index (κ3) is 1.25. The minimum atomic E-state index is 0.352. The molecule has 0 radical (unpaired) electrons. The molecule has 0 aliphatic carbocycles. The predicted molar refractivity (Wildman–Crippen MR) is 46.6 cm³/mol. The van der Waals surface area contributed by atoms with E-state index in [0.29, 0.717) is 16.7 Å². The number of nitrogens with two attached hydrogens (primary N) is 2. The summed E-state index contributed by atoms with van der Waals surface area (Å²) in [6.07, 6.45) is 6.19. The lowest BCUT2D eigenvalue weighted by Crippen LogP contribution is -3.18. The lowest BCUT2D eigenvalue weighted by atomic mass is 10.5. The zero-order valence-corrected chi connectivity index (χ0v) is 6.75. The molecule has 2 heterocycles. The lowest BCUT2D eigenvalue weighted by molar-refractivity contribution is -0.872. The molecule has 7 heteroatoms. The van der Waals surface area contributed by atoms with E-state index in [2.05, 4.69) is 15.4 Å². The largest absolute Gasteiger partial charge is 0.447 e. The first-order valence-corrected chi connectivity index (χ1v) is 3.63. The summed E-state index contributed by atoms with van der Waals surface area (Å²) in [7, 11) is 0. The van der Waals surface area contributed by atoms with Crippen LogP contribution in [0, 0.1) is 0 Å². The van der Waals surface area contributed by atoms with Gasteiger partial charge in [-0.1, -0.05) is 0 Å². The van der Waals surface area contributed by atoms with Crippen molar-refractivity contribution in [2.45, 2.75) is 0 Å². The first-order valence-electron chi connectivity index (χ1n) is 3.63. The van der Waals surface area contributed by atoms with Gasteiger partial charge in [0.25, 0.3) is 0 Å². The molecule has 13 heavy (non-hydrogen) atoms. The zero-order chi connectivity index (χ0) is 9.26. The van der Waals surface area contributed by atoms with Crippen molar-refractivity contribution in [3.63, 3.8) is 0 Å². The topological polar surface area (TPSA) is 99.6 Å². The average Bonchev–Trinajstić information content (AvgIpc) is 2.52. The van der Waals surface area contributed by atoms with Crippen LogP contribution in [0.25, 0.3) is 5.43 Å². The molecule has 1 unspecified atom stereocenters. The van der Waals surface area contributed by atoms with Gasteiger partial charge in [-0.2, -0.15) is 16.1 Å². The van der Waals surface area contributed by atoms with Crippen molar-refractivity contribution < 1.29 is 5.23 Å². The van der Waals surface area contributed by atoms with Gasteiger partial charge in [0.15, 0.2) is 0 Å². The van der Waals surface area contributed by atoms with E-state index in [4.69, 9.17) is 11.6 Å². The van der Waals surface area contributed by atoms with Gasteiger partial charge >= 0.3 is 0 Å². The Morgan fingerprint density at radius 2 is 2.38 bits per heavy atom. The minimum Gasteiger partial charge on any atom is -0.447 e. The summed E-state index contributed by atoms with van der Waals surface area (Å²) in [6.45, 7) is 0. The van der Waals surface area contributed by atoms with Gasteiger partial charge in [-0.05, 0) is 0 Å². The molecular weight excluding hydrogens is 170 g/mol. The summed E-state index contributed by atoms with van der Waals surface area (Å²) in [4.78, 5) is 7.76. The fourth-order valence-electron chi connectivity index (χ4n) is 1.03. The van der Waals surface area contributed by atoms with Crippen molar-refractivity contribution in [1.82, 2.24) is 9.97 Å². The van der Waals surface area contributed by atoms with Gasteiger partial charge in [0.2, 0.25) is 5.82 Å². The van der Waals surface area contributed by atoms with Crippen LogP contribution in [0.15, 0.2) is 24.9 Å². The van der Waals surface area contributed by atoms with E-state index in [9.17, 15) is 0 Å². The highest BCUT2D eigenvalue weighted by molar-refractivity contribution is 5.60. The number of hydrogen-bond acceptors (Lipinski definition) is 5. The van der Waals surface area contributed by atoms with E-state index in [0.717, 1.165) is 0 Å². The first-order chi connectivity index (χ1) is 6.29. The molecule has 0 aromatic carbocycles. The summed E-state index contributed by atoms with van der Waals surface area (Å²) in [5.74, 6) is 6.12. The Labute approximate surface area is 74.6 Å². The standard InChI is InChI=1S/C6H9N7/c7-5-3-9-4-10-6(5)12-2-1-11-13(12)8/h1-4,13H,7-8H2. The Morgan fingerprint density at radius 1 is 1.54 bits per heavy atom. The minimum absolute atomic E-state index is 0.352. The molecule has 0 bridgehead atoms. The monoisotopic (exact) mass is 179 g/mol. The molecule has 1 atom stereocenters. The van der Waals surface area contributed by atoms with Gasteiger partial charge < -0.3 is 11.2 Å². The number of aromatic nitrogens is 2. The molecule has 0 saturated heterocycles. The van der Waals surface area contributed by atoms with Crippen LogP contribution in [0.2, 0.25) is 0 Å². The van der Waals surface area contributed by atoms with Crippen LogP contribution in [0.5, 0.6) is 0 Å².